The van der Waals surface area contributed by atoms with Crippen LogP contribution in [0, 0.1) is 0 Å². The second-order valence-electron chi connectivity index (χ2n) is 5.15. The Bertz CT molecular complexity index is 309. The van der Waals surface area contributed by atoms with E-state index in [4.69, 9.17) is 17.0 Å². The second-order valence-corrected chi connectivity index (χ2v) is 5.55. The average molecular weight is 274 g/mol. The summed E-state index contributed by atoms with van der Waals surface area (Å²) in [6.45, 7) is 8.32. The van der Waals surface area contributed by atoms with Crippen LogP contribution in [0.1, 0.15) is 20.8 Å². The minimum atomic E-state index is -0.444. The molecule has 0 bridgehead atoms. The van der Waals surface area contributed by atoms with Crippen LogP contribution in [0.5, 0.6) is 0 Å². The molecule has 1 amide bonds. The van der Waals surface area contributed by atoms with Crippen molar-refractivity contribution in [3.05, 3.63) is 0 Å². The van der Waals surface area contributed by atoms with E-state index in [2.05, 4.69) is 10.7 Å². The average Bonchev–Trinajstić information content (AvgIpc) is 2.27. The summed E-state index contributed by atoms with van der Waals surface area (Å²) in [7, 11) is 1.77. The summed E-state index contributed by atoms with van der Waals surface area (Å²) in [5.41, 5.74) is 2.61. The van der Waals surface area contributed by atoms with E-state index in [0.717, 1.165) is 13.1 Å². The molecule has 1 aliphatic heterocycles. The van der Waals surface area contributed by atoms with Gasteiger partial charge >= 0.3 is 6.09 Å². The van der Waals surface area contributed by atoms with E-state index in [-0.39, 0.29) is 6.09 Å². The first kappa shape index (κ1) is 15.0. The predicted octanol–water partition coefficient (Wildman–Crippen LogP) is 0.548. The molecule has 0 saturated carbocycles. The number of carbonyl (C=O) groups excluding carboxylic acids is 1. The van der Waals surface area contributed by atoms with Crippen molar-refractivity contribution in [1.82, 2.24) is 20.7 Å². The molecule has 104 valence electrons. The molecular weight excluding hydrogens is 252 g/mol. The third-order valence-corrected chi connectivity index (χ3v) is 2.71. The molecule has 0 unspecified atom stereocenters. The molecule has 1 aliphatic rings. The molecule has 0 aromatic rings. The van der Waals surface area contributed by atoms with E-state index in [1.807, 2.05) is 25.8 Å². The Hall–Kier alpha value is -1.08. The first-order valence-corrected chi connectivity index (χ1v) is 6.44. The van der Waals surface area contributed by atoms with Crippen LogP contribution in [0.2, 0.25) is 0 Å². The van der Waals surface area contributed by atoms with E-state index in [9.17, 15) is 4.79 Å². The van der Waals surface area contributed by atoms with Gasteiger partial charge in [-0.15, -0.1) is 0 Å². The third kappa shape index (κ3) is 5.05. The lowest BCUT2D eigenvalue weighted by molar-refractivity contribution is 0.0121. The molecule has 0 atom stereocenters. The number of amides is 1. The van der Waals surface area contributed by atoms with Crippen molar-refractivity contribution < 1.29 is 9.53 Å². The quantitative estimate of drug-likeness (QED) is 0.681. The van der Waals surface area contributed by atoms with E-state index in [0.29, 0.717) is 18.2 Å². The second kappa shape index (κ2) is 6.19. The van der Waals surface area contributed by atoms with Crippen LogP contribution in [0.15, 0.2) is 0 Å². The van der Waals surface area contributed by atoms with Crippen molar-refractivity contribution in [3.63, 3.8) is 0 Å². The molecule has 0 radical (unpaired) electrons. The molecule has 7 heteroatoms. The number of carbonyl (C=O) groups is 1. The van der Waals surface area contributed by atoms with Crippen molar-refractivity contribution in [2.24, 2.45) is 0 Å². The molecule has 2 N–H and O–H groups in total. The Labute approximate surface area is 114 Å². The number of nitrogens with zero attached hydrogens (tertiary/aromatic N) is 2. The number of nitrogens with one attached hydrogen (secondary N) is 2. The molecule has 1 heterocycles. The highest BCUT2D eigenvalue weighted by molar-refractivity contribution is 7.80. The summed E-state index contributed by atoms with van der Waals surface area (Å²) < 4.78 is 5.32. The first-order valence-electron chi connectivity index (χ1n) is 6.03. The van der Waals surface area contributed by atoms with Gasteiger partial charge in [0.2, 0.25) is 0 Å². The first-order chi connectivity index (χ1) is 8.31. The number of hydrogen-bond acceptors (Lipinski definition) is 4. The van der Waals surface area contributed by atoms with Crippen molar-refractivity contribution in [2.45, 2.75) is 26.4 Å². The summed E-state index contributed by atoms with van der Waals surface area (Å²) in [5.74, 6) is 0. The van der Waals surface area contributed by atoms with E-state index < -0.39 is 5.60 Å². The molecule has 0 aromatic carbocycles. The minimum Gasteiger partial charge on any atom is -0.444 e. The van der Waals surface area contributed by atoms with Crippen molar-refractivity contribution in [2.75, 3.05) is 33.2 Å². The minimum absolute atomic E-state index is 0.252. The van der Waals surface area contributed by atoms with Gasteiger partial charge in [-0.2, -0.15) is 0 Å². The molecule has 0 spiro atoms. The van der Waals surface area contributed by atoms with Crippen LogP contribution >= 0.6 is 12.2 Å². The smallest absolute Gasteiger partial charge is 0.410 e. The lowest BCUT2D eigenvalue weighted by Gasteiger charge is -2.35. The number of hydrazine groups is 1. The maximum atomic E-state index is 11.8. The fourth-order valence-electron chi connectivity index (χ4n) is 1.53. The number of ether oxygens (including phenoxy) is 1. The van der Waals surface area contributed by atoms with Crippen LogP contribution in [0.25, 0.3) is 0 Å². The third-order valence-electron chi connectivity index (χ3n) is 2.42. The largest absolute Gasteiger partial charge is 0.444 e. The van der Waals surface area contributed by atoms with Crippen LogP contribution in [0.3, 0.4) is 0 Å². The molecule has 0 aromatic heterocycles. The lowest BCUT2D eigenvalue weighted by Crippen LogP contribution is -2.56. The fraction of sp³-hybridized carbons (Fsp3) is 0.818. The lowest BCUT2D eigenvalue weighted by atomic mass is 10.2. The zero-order valence-corrected chi connectivity index (χ0v) is 12.3. The van der Waals surface area contributed by atoms with Gasteiger partial charge in [0.05, 0.1) is 0 Å². The highest BCUT2D eigenvalue weighted by atomic mass is 32.1. The highest BCUT2D eigenvalue weighted by Gasteiger charge is 2.25. The van der Waals surface area contributed by atoms with E-state index in [1.165, 1.54) is 0 Å². The van der Waals surface area contributed by atoms with Gasteiger partial charge in [-0.3, -0.25) is 5.43 Å². The summed E-state index contributed by atoms with van der Waals surface area (Å²) in [6.07, 6.45) is -0.252. The van der Waals surface area contributed by atoms with Crippen molar-refractivity contribution in [3.8, 4) is 0 Å². The summed E-state index contributed by atoms with van der Waals surface area (Å²) in [5, 5.41) is 5.42. The van der Waals surface area contributed by atoms with Crippen LogP contribution in [0.4, 0.5) is 4.79 Å². The van der Waals surface area contributed by atoms with Crippen LogP contribution in [-0.4, -0.2) is 59.9 Å². The molecule has 0 aliphatic carbocycles. The standard InChI is InChI=1S/C11H22N4O2S/c1-11(2,3)17-10(16)14-5-7-15(8-6-14)13-9(18)12-4/h5-8H2,1-4H3,(H2,12,13,18). The molecular formula is C11H22N4O2S. The van der Waals surface area contributed by atoms with Gasteiger partial charge in [0, 0.05) is 33.2 Å². The molecule has 18 heavy (non-hydrogen) atoms. The van der Waals surface area contributed by atoms with Gasteiger partial charge < -0.3 is 15.0 Å². The van der Waals surface area contributed by atoms with E-state index in [1.54, 1.807) is 11.9 Å². The summed E-state index contributed by atoms with van der Waals surface area (Å²) >= 11 is 5.02. The summed E-state index contributed by atoms with van der Waals surface area (Å²) in [4.78, 5) is 13.5. The zero-order chi connectivity index (χ0) is 13.8. The molecule has 6 nitrogen and oxygen atoms in total. The van der Waals surface area contributed by atoms with Gasteiger partial charge in [0.15, 0.2) is 5.11 Å². The topological polar surface area (TPSA) is 56.8 Å². The number of thiocarbonyl (C=S) groups is 1. The monoisotopic (exact) mass is 274 g/mol. The number of rotatable bonds is 1. The SMILES string of the molecule is CNC(=S)NN1CCN(C(=O)OC(C)(C)C)CC1. The fourth-order valence-corrected chi connectivity index (χ4v) is 1.66. The Kier molecular flexibility index (Phi) is 5.15. The molecule has 1 saturated heterocycles. The van der Waals surface area contributed by atoms with Crippen molar-refractivity contribution >= 4 is 23.4 Å². The van der Waals surface area contributed by atoms with Gasteiger partial charge in [-0.05, 0) is 33.0 Å². The van der Waals surface area contributed by atoms with E-state index >= 15 is 0 Å². The zero-order valence-electron chi connectivity index (χ0n) is 11.4. The maximum absolute atomic E-state index is 11.8. The predicted molar refractivity (Wildman–Crippen MR) is 74.2 cm³/mol. The maximum Gasteiger partial charge on any atom is 0.410 e. The number of hydrogen-bond donors (Lipinski definition) is 2. The van der Waals surface area contributed by atoms with Crippen LogP contribution in [-0.2, 0) is 4.74 Å². The highest BCUT2D eigenvalue weighted by Crippen LogP contribution is 2.11. The van der Waals surface area contributed by atoms with Gasteiger partial charge in [0.25, 0.3) is 0 Å². The van der Waals surface area contributed by atoms with Crippen LogP contribution < -0.4 is 10.7 Å². The van der Waals surface area contributed by atoms with Crippen molar-refractivity contribution in [1.29, 1.82) is 0 Å². The van der Waals surface area contributed by atoms with Gasteiger partial charge in [0.1, 0.15) is 5.60 Å². The van der Waals surface area contributed by atoms with Gasteiger partial charge in [-0.25, -0.2) is 9.80 Å². The van der Waals surface area contributed by atoms with Gasteiger partial charge in [-0.1, -0.05) is 0 Å². The number of piperazine rings is 1. The molecule has 1 rings (SSSR count). The summed E-state index contributed by atoms with van der Waals surface area (Å²) in [6, 6.07) is 0. The molecule has 1 fully saturated rings. The Morgan fingerprint density at radius 1 is 1.22 bits per heavy atom. The Morgan fingerprint density at radius 2 is 1.78 bits per heavy atom. The normalized spacial score (nSPS) is 17.2. The Balaban J connectivity index is 2.35. The Morgan fingerprint density at radius 3 is 2.22 bits per heavy atom.